The third kappa shape index (κ3) is 4.03. The lowest BCUT2D eigenvalue weighted by molar-refractivity contribution is -0.130. The van der Waals surface area contributed by atoms with Gasteiger partial charge in [-0.15, -0.1) is 11.3 Å². The zero-order chi connectivity index (χ0) is 18.0. The summed E-state index contributed by atoms with van der Waals surface area (Å²) in [5, 5.41) is 3.43. The fourth-order valence-electron chi connectivity index (χ4n) is 3.65. The predicted octanol–water partition coefficient (Wildman–Crippen LogP) is 2.90. The summed E-state index contributed by atoms with van der Waals surface area (Å²) in [5.74, 6) is -0.0786. The van der Waals surface area contributed by atoms with Crippen LogP contribution < -0.4 is 5.32 Å². The Balaban J connectivity index is 1.57. The molecule has 2 amide bonds. The molecule has 1 N–H and O–H groups in total. The van der Waals surface area contributed by atoms with Gasteiger partial charge < -0.3 is 15.0 Å². The first kappa shape index (κ1) is 17.9. The molecule has 1 atom stereocenters. The molecule has 1 aliphatic carbocycles. The van der Waals surface area contributed by atoms with Crippen molar-refractivity contribution >= 4 is 34.1 Å². The summed E-state index contributed by atoms with van der Waals surface area (Å²) in [6.07, 6.45) is 4.64. The average molecular weight is 364 g/mol. The number of nitrogens with zero attached hydrogens (tertiary/aromatic N) is 1. The van der Waals surface area contributed by atoms with Gasteiger partial charge >= 0.3 is 5.97 Å². The number of ether oxygens (including phenoxy) is 1. The molecule has 1 aromatic rings. The molecular formula is C18H24N2O4S. The Bertz CT molecular complexity index is 664. The van der Waals surface area contributed by atoms with Gasteiger partial charge in [-0.2, -0.15) is 0 Å². The number of carbonyl (C=O) groups is 3. The molecule has 0 aromatic carbocycles. The Hall–Kier alpha value is -1.89. The minimum atomic E-state index is -0.417. The molecule has 7 heteroatoms. The highest BCUT2D eigenvalue weighted by Gasteiger charge is 2.38. The molecule has 1 aromatic heterocycles. The van der Waals surface area contributed by atoms with Crippen molar-refractivity contribution in [1.29, 1.82) is 0 Å². The Kier molecular flexibility index (Phi) is 5.42. The fourth-order valence-corrected chi connectivity index (χ4v) is 4.48. The highest BCUT2D eigenvalue weighted by molar-refractivity contribution is 7.18. The van der Waals surface area contributed by atoms with Crippen LogP contribution in [0.1, 0.15) is 48.7 Å². The number of hydrogen-bond acceptors (Lipinski definition) is 5. The van der Waals surface area contributed by atoms with E-state index in [9.17, 15) is 14.4 Å². The van der Waals surface area contributed by atoms with Gasteiger partial charge in [0.25, 0.3) is 0 Å². The third-order valence-electron chi connectivity index (χ3n) is 5.19. The number of rotatable bonds is 4. The highest BCUT2D eigenvalue weighted by atomic mass is 32.1. The van der Waals surface area contributed by atoms with Crippen molar-refractivity contribution in [3.63, 3.8) is 0 Å². The van der Waals surface area contributed by atoms with Crippen molar-refractivity contribution in [2.75, 3.05) is 19.0 Å². The third-order valence-corrected chi connectivity index (χ3v) is 6.18. The van der Waals surface area contributed by atoms with Crippen LogP contribution in [0, 0.1) is 11.8 Å². The van der Waals surface area contributed by atoms with E-state index in [2.05, 4.69) is 17.0 Å². The standard InChI is InChI=1S/C18H24N2O4S/c1-11-3-5-13(6-4-11)20-10-12(9-16(20)21)17(22)19-15-8-7-14(25-15)18(23)24-2/h7-8,11-13H,3-6,9-10H2,1-2H3,(H,19,22). The molecule has 3 rings (SSSR count). The maximum absolute atomic E-state index is 12.5. The van der Waals surface area contributed by atoms with Gasteiger partial charge in [0, 0.05) is 19.0 Å². The molecule has 25 heavy (non-hydrogen) atoms. The van der Waals surface area contributed by atoms with Crippen LogP contribution in [0.3, 0.4) is 0 Å². The minimum absolute atomic E-state index is 0.0844. The molecule has 2 heterocycles. The molecule has 6 nitrogen and oxygen atoms in total. The highest BCUT2D eigenvalue weighted by Crippen LogP contribution is 2.32. The van der Waals surface area contributed by atoms with Crippen molar-refractivity contribution in [2.45, 2.75) is 45.1 Å². The van der Waals surface area contributed by atoms with Crippen molar-refractivity contribution in [2.24, 2.45) is 11.8 Å². The Morgan fingerprint density at radius 2 is 1.96 bits per heavy atom. The second-order valence-corrected chi connectivity index (χ2v) is 8.09. The number of thiophene rings is 1. The molecule has 0 bridgehead atoms. The van der Waals surface area contributed by atoms with Crippen LogP contribution >= 0.6 is 11.3 Å². The summed E-state index contributed by atoms with van der Waals surface area (Å²) in [7, 11) is 1.32. The second-order valence-electron chi connectivity index (χ2n) is 7.01. The molecule has 1 saturated carbocycles. The molecular weight excluding hydrogens is 340 g/mol. The molecule has 2 fully saturated rings. The van der Waals surface area contributed by atoms with E-state index < -0.39 is 5.97 Å². The number of amides is 2. The molecule has 2 aliphatic rings. The SMILES string of the molecule is COC(=O)c1ccc(NC(=O)C2CC(=O)N(C3CCC(C)CC3)C2)s1. The van der Waals surface area contributed by atoms with Crippen LogP contribution in [0.4, 0.5) is 5.00 Å². The van der Waals surface area contributed by atoms with E-state index in [0.717, 1.165) is 31.6 Å². The lowest BCUT2D eigenvalue weighted by Gasteiger charge is -2.33. The maximum atomic E-state index is 12.5. The van der Waals surface area contributed by atoms with Gasteiger partial charge in [-0.25, -0.2) is 4.79 Å². The lowest BCUT2D eigenvalue weighted by atomic mass is 9.87. The van der Waals surface area contributed by atoms with Gasteiger partial charge in [-0.1, -0.05) is 6.92 Å². The zero-order valence-electron chi connectivity index (χ0n) is 14.6. The molecule has 1 aliphatic heterocycles. The van der Waals surface area contributed by atoms with Crippen LogP contribution in [-0.4, -0.2) is 42.4 Å². The van der Waals surface area contributed by atoms with E-state index in [1.807, 2.05) is 4.90 Å². The van der Waals surface area contributed by atoms with E-state index in [1.54, 1.807) is 12.1 Å². The number of carbonyl (C=O) groups excluding carboxylic acids is 3. The smallest absolute Gasteiger partial charge is 0.348 e. The normalized spacial score (nSPS) is 26.6. The summed E-state index contributed by atoms with van der Waals surface area (Å²) in [5.41, 5.74) is 0. The van der Waals surface area contributed by atoms with E-state index >= 15 is 0 Å². The van der Waals surface area contributed by atoms with Gasteiger partial charge in [0.2, 0.25) is 11.8 Å². The lowest BCUT2D eigenvalue weighted by Crippen LogP contribution is -2.39. The molecule has 0 radical (unpaired) electrons. The van der Waals surface area contributed by atoms with Crippen LogP contribution in [0.25, 0.3) is 0 Å². The number of methoxy groups -OCH3 is 1. The van der Waals surface area contributed by atoms with E-state index in [1.165, 1.54) is 18.4 Å². The predicted molar refractivity (Wildman–Crippen MR) is 95.5 cm³/mol. The average Bonchev–Trinajstić information content (AvgIpc) is 3.22. The Labute approximate surface area is 151 Å². The molecule has 136 valence electrons. The van der Waals surface area contributed by atoms with Crippen LogP contribution in [0.5, 0.6) is 0 Å². The quantitative estimate of drug-likeness (QED) is 0.834. The molecule has 0 spiro atoms. The Morgan fingerprint density at radius 3 is 2.64 bits per heavy atom. The summed E-state index contributed by atoms with van der Waals surface area (Å²) in [4.78, 5) is 38.7. The number of anilines is 1. The topological polar surface area (TPSA) is 75.7 Å². The fraction of sp³-hybridized carbons (Fsp3) is 0.611. The Morgan fingerprint density at radius 1 is 1.24 bits per heavy atom. The number of nitrogens with one attached hydrogen (secondary N) is 1. The largest absolute Gasteiger partial charge is 0.465 e. The van der Waals surface area contributed by atoms with E-state index in [4.69, 9.17) is 0 Å². The van der Waals surface area contributed by atoms with E-state index in [0.29, 0.717) is 16.4 Å². The summed E-state index contributed by atoms with van der Waals surface area (Å²) in [6, 6.07) is 3.60. The van der Waals surface area contributed by atoms with Gasteiger partial charge in [0.05, 0.1) is 18.0 Å². The van der Waals surface area contributed by atoms with Crippen LogP contribution in [0.2, 0.25) is 0 Å². The first-order valence-electron chi connectivity index (χ1n) is 8.76. The van der Waals surface area contributed by atoms with Crippen LogP contribution in [0.15, 0.2) is 12.1 Å². The minimum Gasteiger partial charge on any atom is -0.465 e. The van der Waals surface area contributed by atoms with Crippen molar-refractivity contribution in [1.82, 2.24) is 4.90 Å². The second kappa shape index (κ2) is 7.56. The number of hydrogen-bond donors (Lipinski definition) is 1. The van der Waals surface area contributed by atoms with Crippen molar-refractivity contribution < 1.29 is 19.1 Å². The van der Waals surface area contributed by atoms with Crippen molar-refractivity contribution in [3.8, 4) is 0 Å². The molecule has 1 saturated heterocycles. The maximum Gasteiger partial charge on any atom is 0.348 e. The van der Waals surface area contributed by atoms with Gasteiger partial charge in [-0.05, 0) is 43.7 Å². The summed E-state index contributed by atoms with van der Waals surface area (Å²) in [6.45, 7) is 2.75. The van der Waals surface area contributed by atoms with Gasteiger partial charge in [-0.3, -0.25) is 9.59 Å². The first-order valence-corrected chi connectivity index (χ1v) is 9.58. The van der Waals surface area contributed by atoms with Crippen LogP contribution in [-0.2, 0) is 14.3 Å². The zero-order valence-corrected chi connectivity index (χ0v) is 15.4. The number of esters is 1. The van der Waals surface area contributed by atoms with Gasteiger partial charge in [0.1, 0.15) is 4.88 Å². The number of likely N-dealkylation sites (tertiary alicyclic amines) is 1. The molecule has 1 unspecified atom stereocenters. The van der Waals surface area contributed by atoms with E-state index in [-0.39, 0.29) is 30.2 Å². The summed E-state index contributed by atoms with van der Waals surface area (Å²) >= 11 is 1.18. The van der Waals surface area contributed by atoms with Gasteiger partial charge in [0.15, 0.2) is 0 Å². The summed E-state index contributed by atoms with van der Waals surface area (Å²) < 4.78 is 4.66. The first-order chi connectivity index (χ1) is 12.0. The van der Waals surface area contributed by atoms with Crippen molar-refractivity contribution in [3.05, 3.63) is 17.0 Å². The monoisotopic (exact) mass is 364 g/mol.